The summed E-state index contributed by atoms with van der Waals surface area (Å²) >= 11 is 0. The largest absolute Gasteiger partial charge is 0.377 e. The van der Waals surface area contributed by atoms with Crippen LogP contribution in [0.2, 0.25) is 0 Å². The highest BCUT2D eigenvalue weighted by Gasteiger charge is 2.36. The highest BCUT2D eigenvalue weighted by molar-refractivity contribution is 5.81. The van der Waals surface area contributed by atoms with Crippen molar-refractivity contribution in [2.24, 2.45) is 23.3 Å². The van der Waals surface area contributed by atoms with Crippen LogP contribution >= 0.6 is 0 Å². The number of anilines is 3. The number of nitrogens with zero attached hydrogens (tertiary/aromatic N) is 13. The van der Waals surface area contributed by atoms with Gasteiger partial charge in [0.1, 0.15) is 18.7 Å². The van der Waals surface area contributed by atoms with Gasteiger partial charge >= 0.3 is 0 Å². The number of rotatable bonds is 29. The number of ether oxygens (including phenoxy) is 3. The Balaban J connectivity index is 1.24. The molecule has 21 heteroatoms. The van der Waals surface area contributed by atoms with Gasteiger partial charge in [0.2, 0.25) is 29.7 Å². The van der Waals surface area contributed by atoms with E-state index in [0.29, 0.717) is 123 Å². The number of nitrogens with two attached hydrogens (primary N) is 2. The van der Waals surface area contributed by atoms with Crippen LogP contribution in [0.5, 0.6) is 0 Å². The van der Waals surface area contributed by atoms with Crippen molar-refractivity contribution in [3.05, 3.63) is 23.8 Å². The molecule has 2 fully saturated rings. The van der Waals surface area contributed by atoms with Crippen LogP contribution in [-0.2, 0) is 36.6 Å². The molecule has 0 bridgehead atoms. The van der Waals surface area contributed by atoms with E-state index < -0.39 is 12.1 Å². The predicted molar refractivity (Wildman–Crippen MR) is 248 cm³/mol. The molecule has 2 aliphatic heterocycles. The summed E-state index contributed by atoms with van der Waals surface area (Å²) in [6.07, 6.45) is 15.9. The van der Waals surface area contributed by atoms with Crippen molar-refractivity contribution in [1.29, 1.82) is 0 Å². The number of aromatic nitrogens is 9. The molecular formula is C44H74N16O5. The number of piperazine rings is 2. The number of amides is 2. The van der Waals surface area contributed by atoms with Crippen LogP contribution in [0.4, 0.5) is 17.8 Å². The molecule has 3 aromatic heterocycles. The Morgan fingerprint density at radius 2 is 1.12 bits per heavy atom. The lowest BCUT2D eigenvalue weighted by molar-refractivity contribution is -0.137. The lowest BCUT2D eigenvalue weighted by Gasteiger charge is -2.38. The number of hydrogen-bond acceptors (Lipinski definition) is 17. The molecule has 4 atom stereocenters. The molecule has 5 rings (SSSR count). The number of aryl methyl sites for hydroxylation is 2. The van der Waals surface area contributed by atoms with Crippen molar-refractivity contribution >= 4 is 29.7 Å². The fourth-order valence-corrected chi connectivity index (χ4v) is 7.86. The standard InChI is InChI=1S/C44H74N16O5/c1-6-26-63-28-30-65-31-29-64-27-17-47-42-48-43(57-22-18-55(19-23-57)40(61)38(34(4)7-2)59-32-36(51-53-59)13-9-11-15-45)50-44(49-42)58-24-20-56(21-25-58)41(62)39(35(5)8-3)60-33-37(52-54-60)14-10-12-16-46/h1,32-35,38-39H,7-31,45-46H2,2-5H3,(H,47,48,49,50)/t34-,35-,38-,39-/m0/s1. The maximum Gasteiger partial charge on any atom is 0.247 e. The lowest BCUT2D eigenvalue weighted by atomic mass is 9.97. The van der Waals surface area contributed by atoms with E-state index in [-0.39, 0.29) is 30.3 Å². The second kappa shape index (κ2) is 27.5. The van der Waals surface area contributed by atoms with Crippen LogP contribution in [0.3, 0.4) is 0 Å². The molecule has 3 aromatic rings. The summed E-state index contributed by atoms with van der Waals surface area (Å²) in [6.45, 7) is 16.7. The minimum Gasteiger partial charge on any atom is -0.377 e. The van der Waals surface area contributed by atoms with Crippen LogP contribution in [0.25, 0.3) is 0 Å². The van der Waals surface area contributed by atoms with Crippen LogP contribution in [0.15, 0.2) is 12.4 Å². The highest BCUT2D eigenvalue weighted by atomic mass is 16.5. The number of nitrogens with one attached hydrogen (secondary N) is 1. The fourth-order valence-electron chi connectivity index (χ4n) is 7.86. The van der Waals surface area contributed by atoms with Gasteiger partial charge in [-0.15, -0.1) is 16.6 Å². The van der Waals surface area contributed by atoms with Crippen molar-refractivity contribution < 1.29 is 23.8 Å². The first-order chi connectivity index (χ1) is 31.7. The van der Waals surface area contributed by atoms with Crippen LogP contribution < -0.4 is 26.6 Å². The average Bonchev–Trinajstić information content (AvgIpc) is 4.00. The second-order valence-corrected chi connectivity index (χ2v) is 16.8. The third-order valence-electron chi connectivity index (χ3n) is 12.2. The smallest absolute Gasteiger partial charge is 0.247 e. The normalized spacial score (nSPS) is 16.3. The molecule has 0 unspecified atom stereocenters. The van der Waals surface area contributed by atoms with Crippen LogP contribution in [0, 0.1) is 24.2 Å². The topological polar surface area (TPSA) is 239 Å². The molecule has 2 amide bonds. The van der Waals surface area contributed by atoms with Crippen molar-refractivity contribution in [2.75, 3.05) is 127 Å². The maximum absolute atomic E-state index is 14.2. The van der Waals surface area contributed by atoms with Crippen molar-refractivity contribution in [1.82, 2.24) is 54.7 Å². The average molecular weight is 907 g/mol. The Morgan fingerprint density at radius 1 is 0.677 bits per heavy atom. The van der Waals surface area contributed by atoms with E-state index in [1.165, 1.54) is 0 Å². The van der Waals surface area contributed by atoms with E-state index in [4.69, 9.17) is 47.1 Å². The van der Waals surface area contributed by atoms with Gasteiger partial charge in [-0.1, -0.05) is 56.9 Å². The predicted octanol–water partition coefficient (Wildman–Crippen LogP) is 1.58. The van der Waals surface area contributed by atoms with Crippen LogP contribution in [0.1, 0.15) is 89.7 Å². The molecule has 21 nitrogen and oxygen atoms in total. The number of hydrogen-bond donors (Lipinski definition) is 3. The Bertz CT molecular complexity index is 1780. The number of terminal acetylenes is 1. The van der Waals surface area contributed by atoms with Gasteiger partial charge in [-0.25, -0.2) is 9.36 Å². The fraction of sp³-hybridized carbons (Fsp3) is 0.750. The van der Waals surface area contributed by atoms with Gasteiger partial charge in [-0.3, -0.25) is 9.59 Å². The third kappa shape index (κ3) is 15.3. The van der Waals surface area contributed by atoms with Gasteiger partial charge in [0.25, 0.3) is 0 Å². The maximum atomic E-state index is 14.2. The first-order valence-electron chi connectivity index (χ1n) is 23.7. The molecule has 360 valence electrons. The monoisotopic (exact) mass is 907 g/mol. The number of unbranched alkanes of at least 4 members (excludes halogenated alkanes) is 2. The van der Waals surface area contributed by atoms with Gasteiger partial charge in [0.05, 0.1) is 44.4 Å². The second-order valence-electron chi connectivity index (χ2n) is 16.8. The Kier molecular flexibility index (Phi) is 21.5. The van der Waals surface area contributed by atoms with Crippen molar-refractivity contribution in [3.63, 3.8) is 0 Å². The molecule has 0 aromatic carbocycles. The molecule has 0 radical (unpaired) electrons. The van der Waals surface area contributed by atoms with Crippen molar-refractivity contribution in [3.8, 4) is 12.3 Å². The molecular weight excluding hydrogens is 833 g/mol. The Hall–Kier alpha value is -5.01. The Labute approximate surface area is 384 Å². The molecule has 2 saturated heterocycles. The highest BCUT2D eigenvalue weighted by Crippen LogP contribution is 2.27. The zero-order chi connectivity index (χ0) is 46.4. The van der Waals surface area contributed by atoms with E-state index in [9.17, 15) is 9.59 Å². The van der Waals surface area contributed by atoms with Gasteiger partial charge in [-0.2, -0.15) is 15.0 Å². The minimum atomic E-state index is -0.449. The summed E-state index contributed by atoms with van der Waals surface area (Å²) in [5, 5.41) is 20.9. The molecule has 0 spiro atoms. The minimum absolute atomic E-state index is 0.0356. The summed E-state index contributed by atoms with van der Waals surface area (Å²) in [5.41, 5.74) is 13.1. The summed E-state index contributed by atoms with van der Waals surface area (Å²) in [5.74, 6) is 4.10. The SMILES string of the molecule is C#CCOCCOCCOCCNc1nc(N2CCN(C(=O)[C@H]([C@@H](C)CC)n3cc(CCCCN)nn3)CC2)nc(N2CCN(C(=O)[C@H]([C@@H](C)CC)n3cc(CCCCN)nn3)CC2)n1. The quantitative estimate of drug-likeness (QED) is 0.0662. The first-order valence-corrected chi connectivity index (χ1v) is 23.7. The zero-order valence-electron chi connectivity index (χ0n) is 39.2. The number of carbonyl (C=O) groups is 2. The molecule has 65 heavy (non-hydrogen) atoms. The van der Waals surface area contributed by atoms with E-state index in [0.717, 1.165) is 62.8 Å². The first kappa shape index (κ1) is 51.0. The number of carbonyl (C=O) groups excluding carboxylic acids is 2. The molecule has 5 N–H and O–H groups in total. The third-order valence-corrected chi connectivity index (χ3v) is 12.2. The summed E-state index contributed by atoms with van der Waals surface area (Å²) in [7, 11) is 0. The van der Waals surface area contributed by atoms with Gasteiger partial charge in [0.15, 0.2) is 0 Å². The molecule has 0 aliphatic carbocycles. The molecule has 0 saturated carbocycles. The summed E-state index contributed by atoms with van der Waals surface area (Å²) in [4.78, 5) is 51.1. The molecule has 5 heterocycles. The van der Waals surface area contributed by atoms with E-state index in [1.807, 2.05) is 22.2 Å². The molecule has 2 aliphatic rings. The van der Waals surface area contributed by atoms with Crippen molar-refractivity contribution in [2.45, 2.75) is 91.1 Å². The van der Waals surface area contributed by atoms with Gasteiger partial charge in [-0.05, 0) is 63.5 Å². The lowest BCUT2D eigenvalue weighted by Crippen LogP contribution is -2.52. The van der Waals surface area contributed by atoms with Gasteiger partial charge < -0.3 is 50.6 Å². The Morgan fingerprint density at radius 3 is 1.55 bits per heavy atom. The summed E-state index contributed by atoms with van der Waals surface area (Å²) in [6, 6.07) is -0.899. The zero-order valence-corrected chi connectivity index (χ0v) is 39.2. The van der Waals surface area contributed by atoms with Gasteiger partial charge in [0, 0.05) is 71.3 Å². The van der Waals surface area contributed by atoms with E-state index in [2.05, 4.69) is 69.4 Å². The summed E-state index contributed by atoms with van der Waals surface area (Å²) < 4.78 is 20.1. The van der Waals surface area contributed by atoms with E-state index >= 15 is 0 Å². The van der Waals surface area contributed by atoms with Crippen LogP contribution in [-0.4, -0.2) is 178 Å². The van der Waals surface area contributed by atoms with E-state index in [1.54, 1.807) is 9.36 Å².